The van der Waals surface area contributed by atoms with Crippen molar-refractivity contribution in [2.24, 2.45) is 11.7 Å². The van der Waals surface area contributed by atoms with Gasteiger partial charge in [-0.05, 0) is 39.2 Å². The normalized spacial score (nSPS) is 23.1. The number of nitrogens with two attached hydrogens (primary N) is 1. The summed E-state index contributed by atoms with van der Waals surface area (Å²) in [7, 11) is 2.26. The van der Waals surface area contributed by atoms with Crippen molar-refractivity contribution in [3.05, 3.63) is 0 Å². The zero-order chi connectivity index (χ0) is 12.0. The van der Waals surface area contributed by atoms with Crippen molar-refractivity contribution in [1.29, 1.82) is 0 Å². The van der Waals surface area contributed by atoms with Gasteiger partial charge in [0.15, 0.2) is 0 Å². The van der Waals surface area contributed by atoms with Crippen molar-refractivity contribution < 1.29 is 0 Å². The highest BCUT2D eigenvalue weighted by molar-refractivity contribution is 4.82. The highest BCUT2D eigenvalue weighted by Gasteiger charge is 2.26. The molecule has 1 saturated carbocycles. The van der Waals surface area contributed by atoms with E-state index in [0.29, 0.717) is 12.1 Å². The second kappa shape index (κ2) is 7.29. The lowest BCUT2D eigenvalue weighted by Crippen LogP contribution is -2.47. The van der Waals surface area contributed by atoms with Crippen LogP contribution in [-0.4, -0.2) is 30.6 Å². The molecular formula is C14H30N2. The van der Waals surface area contributed by atoms with Crippen molar-refractivity contribution in [2.75, 3.05) is 13.6 Å². The Hall–Kier alpha value is -0.0800. The van der Waals surface area contributed by atoms with E-state index in [-0.39, 0.29) is 0 Å². The molecule has 0 aromatic heterocycles. The number of nitrogens with zero attached hydrogens (tertiary/aromatic N) is 1. The number of rotatable bonds is 5. The van der Waals surface area contributed by atoms with E-state index in [2.05, 4.69) is 25.8 Å². The predicted molar refractivity (Wildman–Crippen MR) is 71.6 cm³/mol. The molecule has 1 aliphatic rings. The zero-order valence-corrected chi connectivity index (χ0v) is 11.4. The summed E-state index contributed by atoms with van der Waals surface area (Å²) in [6.07, 6.45) is 9.69. The van der Waals surface area contributed by atoms with Crippen LogP contribution in [0.5, 0.6) is 0 Å². The molecule has 0 heterocycles. The lowest BCUT2D eigenvalue weighted by Gasteiger charge is -2.37. The van der Waals surface area contributed by atoms with Gasteiger partial charge in [0.25, 0.3) is 0 Å². The molecule has 1 rings (SSSR count). The number of likely N-dealkylation sites (N-methyl/N-ethyl adjacent to an activating group) is 1. The van der Waals surface area contributed by atoms with Gasteiger partial charge in [-0.3, -0.25) is 4.90 Å². The molecule has 2 atom stereocenters. The van der Waals surface area contributed by atoms with Gasteiger partial charge in [0.05, 0.1) is 0 Å². The number of hydrogen-bond acceptors (Lipinski definition) is 2. The summed E-state index contributed by atoms with van der Waals surface area (Å²) in [6.45, 7) is 5.41. The Morgan fingerprint density at radius 1 is 1.19 bits per heavy atom. The third-order valence-corrected chi connectivity index (χ3v) is 4.49. The smallest absolute Gasteiger partial charge is 0.0246 e. The molecule has 0 radical (unpaired) electrons. The van der Waals surface area contributed by atoms with Gasteiger partial charge >= 0.3 is 0 Å². The van der Waals surface area contributed by atoms with E-state index in [9.17, 15) is 0 Å². The van der Waals surface area contributed by atoms with E-state index in [1.54, 1.807) is 0 Å². The van der Waals surface area contributed by atoms with Crippen LogP contribution in [0, 0.1) is 5.92 Å². The van der Waals surface area contributed by atoms with Gasteiger partial charge in [-0.25, -0.2) is 0 Å². The largest absolute Gasteiger partial charge is 0.329 e. The van der Waals surface area contributed by atoms with Crippen molar-refractivity contribution in [1.82, 2.24) is 4.90 Å². The molecule has 1 aliphatic carbocycles. The van der Waals surface area contributed by atoms with Crippen LogP contribution in [0.2, 0.25) is 0 Å². The second-order valence-corrected chi connectivity index (χ2v) is 5.48. The molecule has 0 aromatic carbocycles. The van der Waals surface area contributed by atoms with Gasteiger partial charge < -0.3 is 5.73 Å². The SMILES string of the molecule is CCC(C)N(C)C(CN)C1CCCCCC1. The van der Waals surface area contributed by atoms with E-state index >= 15 is 0 Å². The summed E-state index contributed by atoms with van der Waals surface area (Å²) < 4.78 is 0. The Labute approximate surface area is 102 Å². The highest BCUT2D eigenvalue weighted by Crippen LogP contribution is 2.28. The van der Waals surface area contributed by atoms with Crippen molar-refractivity contribution in [3.63, 3.8) is 0 Å². The Kier molecular flexibility index (Phi) is 6.37. The van der Waals surface area contributed by atoms with Gasteiger partial charge in [-0.15, -0.1) is 0 Å². The summed E-state index contributed by atoms with van der Waals surface area (Å²) in [4.78, 5) is 2.52. The van der Waals surface area contributed by atoms with Crippen LogP contribution in [-0.2, 0) is 0 Å². The van der Waals surface area contributed by atoms with Crippen LogP contribution in [0.25, 0.3) is 0 Å². The van der Waals surface area contributed by atoms with E-state index in [0.717, 1.165) is 12.5 Å². The van der Waals surface area contributed by atoms with Crippen molar-refractivity contribution in [2.45, 2.75) is 70.9 Å². The molecule has 96 valence electrons. The molecule has 2 unspecified atom stereocenters. The fraction of sp³-hybridized carbons (Fsp3) is 1.00. The molecule has 0 aliphatic heterocycles. The second-order valence-electron chi connectivity index (χ2n) is 5.48. The van der Waals surface area contributed by atoms with E-state index in [1.807, 2.05) is 0 Å². The molecule has 2 heteroatoms. The molecule has 0 amide bonds. The summed E-state index contributed by atoms with van der Waals surface area (Å²) >= 11 is 0. The number of hydrogen-bond donors (Lipinski definition) is 1. The standard InChI is InChI=1S/C14H30N2/c1-4-12(2)16(3)14(11-15)13-9-7-5-6-8-10-13/h12-14H,4-11,15H2,1-3H3. The van der Waals surface area contributed by atoms with Crippen LogP contribution in [0.3, 0.4) is 0 Å². The molecule has 2 nitrogen and oxygen atoms in total. The third-order valence-electron chi connectivity index (χ3n) is 4.49. The average Bonchev–Trinajstić information content (AvgIpc) is 2.58. The van der Waals surface area contributed by atoms with Gasteiger partial charge in [0.2, 0.25) is 0 Å². The first-order chi connectivity index (χ1) is 7.70. The maximum Gasteiger partial charge on any atom is 0.0246 e. The summed E-state index contributed by atoms with van der Waals surface area (Å²) in [5, 5.41) is 0. The average molecular weight is 226 g/mol. The Morgan fingerprint density at radius 3 is 2.19 bits per heavy atom. The van der Waals surface area contributed by atoms with Crippen LogP contribution in [0.4, 0.5) is 0 Å². The first-order valence-corrected chi connectivity index (χ1v) is 7.12. The minimum atomic E-state index is 0.605. The molecule has 16 heavy (non-hydrogen) atoms. The molecule has 1 fully saturated rings. The minimum Gasteiger partial charge on any atom is -0.329 e. The zero-order valence-electron chi connectivity index (χ0n) is 11.4. The minimum absolute atomic E-state index is 0.605. The fourth-order valence-corrected chi connectivity index (χ4v) is 3.00. The van der Waals surface area contributed by atoms with Crippen molar-refractivity contribution >= 4 is 0 Å². The maximum atomic E-state index is 6.01. The highest BCUT2D eigenvalue weighted by atomic mass is 15.2. The quantitative estimate of drug-likeness (QED) is 0.730. The topological polar surface area (TPSA) is 29.3 Å². The summed E-state index contributed by atoms with van der Waals surface area (Å²) in [6, 6.07) is 1.27. The fourth-order valence-electron chi connectivity index (χ4n) is 3.00. The van der Waals surface area contributed by atoms with Crippen LogP contribution in [0.15, 0.2) is 0 Å². The molecule has 0 bridgehead atoms. The molecule has 0 aromatic rings. The van der Waals surface area contributed by atoms with Gasteiger partial charge in [-0.1, -0.05) is 32.6 Å². The van der Waals surface area contributed by atoms with E-state index < -0.39 is 0 Å². The van der Waals surface area contributed by atoms with Crippen molar-refractivity contribution in [3.8, 4) is 0 Å². The predicted octanol–water partition coefficient (Wildman–Crippen LogP) is 3.01. The molecular weight excluding hydrogens is 196 g/mol. The Morgan fingerprint density at radius 2 is 1.75 bits per heavy atom. The van der Waals surface area contributed by atoms with Gasteiger partial charge in [0, 0.05) is 18.6 Å². The first-order valence-electron chi connectivity index (χ1n) is 7.12. The van der Waals surface area contributed by atoms with Crippen LogP contribution < -0.4 is 5.73 Å². The third kappa shape index (κ3) is 3.74. The summed E-state index contributed by atoms with van der Waals surface area (Å²) in [5.41, 5.74) is 6.01. The lowest BCUT2D eigenvalue weighted by atomic mass is 9.90. The molecule has 2 N–H and O–H groups in total. The van der Waals surface area contributed by atoms with Gasteiger partial charge in [-0.2, -0.15) is 0 Å². The van der Waals surface area contributed by atoms with Gasteiger partial charge in [0.1, 0.15) is 0 Å². The Balaban J connectivity index is 2.56. The monoisotopic (exact) mass is 226 g/mol. The molecule has 0 saturated heterocycles. The van der Waals surface area contributed by atoms with E-state index in [4.69, 9.17) is 5.73 Å². The van der Waals surface area contributed by atoms with Crippen LogP contribution in [0.1, 0.15) is 58.8 Å². The first kappa shape index (κ1) is 14.0. The summed E-state index contributed by atoms with van der Waals surface area (Å²) in [5.74, 6) is 0.839. The lowest BCUT2D eigenvalue weighted by molar-refractivity contribution is 0.124. The maximum absolute atomic E-state index is 6.01. The molecule has 0 spiro atoms. The van der Waals surface area contributed by atoms with E-state index in [1.165, 1.54) is 44.9 Å². The Bertz CT molecular complexity index is 174. The van der Waals surface area contributed by atoms with Crippen LogP contribution >= 0.6 is 0 Å².